The molecule has 0 spiro atoms. The Morgan fingerprint density at radius 2 is 1.76 bits per heavy atom. The predicted octanol–water partition coefficient (Wildman–Crippen LogP) is 3.54. The van der Waals surface area contributed by atoms with Crippen molar-refractivity contribution in [3.63, 3.8) is 0 Å². The lowest BCUT2D eigenvalue weighted by atomic mass is 10.1. The van der Waals surface area contributed by atoms with E-state index in [-0.39, 0.29) is 25.0 Å². The molecule has 0 unspecified atom stereocenters. The normalized spacial score (nSPS) is 12.9. The van der Waals surface area contributed by atoms with Crippen molar-refractivity contribution in [3.05, 3.63) is 48.0 Å². The second-order valence-corrected chi connectivity index (χ2v) is 10.4. The summed E-state index contributed by atoms with van der Waals surface area (Å²) >= 11 is 0. The maximum Gasteiger partial charge on any atom is 0.232 e. The third-order valence-electron chi connectivity index (χ3n) is 5.24. The molecule has 2 aromatic rings. The van der Waals surface area contributed by atoms with Crippen LogP contribution in [0.2, 0.25) is 0 Å². The summed E-state index contributed by atoms with van der Waals surface area (Å²) in [6.07, 6.45) is 3.64. The summed E-state index contributed by atoms with van der Waals surface area (Å²) in [5, 5.41) is 2.92. The van der Waals surface area contributed by atoms with E-state index in [9.17, 15) is 13.2 Å². The zero-order valence-corrected chi connectivity index (χ0v) is 20.9. The second kappa shape index (κ2) is 12.0. The molecule has 1 aliphatic heterocycles. The Labute approximate surface area is 202 Å². The van der Waals surface area contributed by atoms with Crippen molar-refractivity contribution in [2.45, 2.75) is 45.6 Å². The number of benzene rings is 2. The first-order valence-electron chi connectivity index (χ1n) is 11.6. The summed E-state index contributed by atoms with van der Waals surface area (Å²) in [5.74, 6) is 1.89. The van der Waals surface area contributed by atoms with Crippen molar-refractivity contribution < 1.29 is 27.4 Å². The van der Waals surface area contributed by atoms with Crippen molar-refractivity contribution in [3.8, 4) is 17.2 Å². The first-order valence-corrected chi connectivity index (χ1v) is 13.5. The molecule has 2 aromatic carbocycles. The van der Waals surface area contributed by atoms with Crippen LogP contribution in [-0.4, -0.2) is 53.0 Å². The standard InChI is InChI=1S/C25H34N2O6S/c1-19(2)33-22-11-8-20(9-12-22)6-4-14-26-25(28)7-5-15-27(34(3,29)30)21-10-13-23-24(18-21)32-17-16-31-23/h8-13,18-19H,4-7,14-17H2,1-3H3,(H,26,28). The molecule has 1 N–H and O–H groups in total. The van der Waals surface area contributed by atoms with Crippen molar-refractivity contribution in [1.29, 1.82) is 0 Å². The molecule has 0 saturated heterocycles. The topological polar surface area (TPSA) is 94.2 Å². The first kappa shape index (κ1) is 25.7. The summed E-state index contributed by atoms with van der Waals surface area (Å²) in [6.45, 7) is 5.66. The molecule has 0 bridgehead atoms. The van der Waals surface area contributed by atoms with E-state index in [0.29, 0.717) is 43.4 Å². The van der Waals surface area contributed by atoms with Crippen LogP contribution in [0.5, 0.6) is 17.2 Å². The smallest absolute Gasteiger partial charge is 0.232 e. The van der Waals surface area contributed by atoms with Gasteiger partial charge in [-0.2, -0.15) is 0 Å². The Bertz CT molecular complexity index is 1050. The van der Waals surface area contributed by atoms with Crippen LogP contribution in [0, 0.1) is 0 Å². The molecule has 0 aliphatic carbocycles. The van der Waals surface area contributed by atoms with E-state index in [0.717, 1.165) is 24.8 Å². The van der Waals surface area contributed by atoms with Crippen LogP contribution in [0.3, 0.4) is 0 Å². The van der Waals surface area contributed by atoms with Gasteiger partial charge in [0.25, 0.3) is 0 Å². The molecule has 3 rings (SSSR count). The van der Waals surface area contributed by atoms with E-state index in [2.05, 4.69) is 5.32 Å². The average molecular weight is 491 g/mol. The molecule has 8 nitrogen and oxygen atoms in total. The number of amides is 1. The molecule has 0 fully saturated rings. The fourth-order valence-electron chi connectivity index (χ4n) is 3.67. The molecule has 1 amide bonds. The number of sulfonamides is 1. The summed E-state index contributed by atoms with van der Waals surface area (Å²) in [5.41, 5.74) is 1.69. The SMILES string of the molecule is CC(C)Oc1ccc(CCCNC(=O)CCCN(c2ccc3c(c2)OCCO3)S(C)(=O)=O)cc1. The Morgan fingerprint density at radius 1 is 1.06 bits per heavy atom. The van der Waals surface area contributed by atoms with Crippen molar-refractivity contribution in [2.75, 3.05) is 36.9 Å². The fraction of sp³-hybridized carbons (Fsp3) is 0.480. The van der Waals surface area contributed by atoms with Crippen LogP contribution >= 0.6 is 0 Å². The number of nitrogens with one attached hydrogen (secondary N) is 1. The van der Waals surface area contributed by atoms with Gasteiger partial charge in [0.15, 0.2) is 11.5 Å². The highest BCUT2D eigenvalue weighted by molar-refractivity contribution is 7.92. The van der Waals surface area contributed by atoms with Crippen LogP contribution < -0.4 is 23.8 Å². The highest BCUT2D eigenvalue weighted by Crippen LogP contribution is 2.34. The number of hydrogen-bond acceptors (Lipinski definition) is 6. The maximum atomic E-state index is 12.3. The summed E-state index contributed by atoms with van der Waals surface area (Å²) in [6, 6.07) is 13.1. The van der Waals surface area contributed by atoms with Gasteiger partial charge in [0, 0.05) is 25.6 Å². The summed E-state index contributed by atoms with van der Waals surface area (Å²) < 4.78 is 42.7. The minimum absolute atomic E-state index is 0.0868. The van der Waals surface area contributed by atoms with Gasteiger partial charge >= 0.3 is 0 Å². The molecule has 9 heteroatoms. The minimum atomic E-state index is -3.51. The quantitative estimate of drug-likeness (QED) is 0.458. The zero-order chi connectivity index (χ0) is 24.6. The number of aryl methyl sites for hydroxylation is 1. The van der Waals surface area contributed by atoms with Crippen molar-refractivity contribution in [2.24, 2.45) is 0 Å². The van der Waals surface area contributed by atoms with E-state index >= 15 is 0 Å². The Morgan fingerprint density at radius 3 is 2.44 bits per heavy atom. The largest absolute Gasteiger partial charge is 0.491 e. The Kier molecular flexibility index (Phi) is 9.04. The number of hydrogen-bond donors (Lipinski definition) is 1. The number of fused-ring (bicyclic) bond motifs is 1. The van der Waals surface area contributed by atoms with Crippen LogP contribution in [0.1, 0.15) is 38.7 Å². The van der Waals surface area contributed by atoms with E-state index in [1.165, 1.54) is 9.87 Å². The highest BCUT2D eigenvalue weighted by atomic mass is 32.2. The van der Waals surface area contributed by atoms with E-state index in [4.69, 9.17) is 14.2 Å². The summed E-state index contributed by atoms with van der Waals surface area (Å²) in [4.78, 5) is 12.2. The van der Waals surface area contributed by atoms with Gasteiger partial charge in [0.2, 0.25) is 15.9 Å². The van der Waals surface area contributed by atoms with Gasteiger partial charge in [0.05, 0.1) is 18.0 Å². The average Bonchev–Trinajstić information content (AvgIpc) is 2.79. The molecular weight excluding hydrogens is 456 g/mol. The molecule has 186 valence electrons. The molecule has 1 aliphatic rings. The number of nitrogens with zero attached hydrogens (tertiary/aromatic N) is 1. The number of ether oxygens (including phenoxy) is 3. The third-order valence-corrected chi connectivity index (χ3v) is 6.43. The fourth-order valence-corrected chi connectivity index (χ4v) is 4.63. The number of anilines is 1. The zero-order valence-electron chi connectivity index (χ0n) is 20.1. The van der Waals surface area contributed by atoms with Crippen LogP contribution in [0.15, 0.2) is 42.5 Å². The third kappa shape index (κ3) is 7.83. The lowest BCUT2D eigenvalue weighted by Gasteiger charge is -2.25. The second-order valence-electron chi connectivity index (χ2n) is 8.53. The van der Waals surface area contributed by atoms with Crippen LogP contribution in [0.4, 0.5) is 5.69 Å². The van der Waals surface area contributed by atoms with Gasteiger partial charge in [-0.1, -0.05) is 12.1 Å². The molecule has 34 heavy (non-hydrogen) atoms. The molecule has 0 aromatic heterocycles. The van der Waals surface area contributed by atoms with Gasteiger partial charge in [-0.25, -0.2) is 8.42 Å². The molecule has 1 heterocycles. The van der Waals surface area contributed by atoms with Crippen LogP contribution in [0.25, 0.3) is 0 Å². The Hall–Kier alpha value is -2.94. The monoisotopic (exact) mass is 490 g/mol. The van der Waals surface area contributed by atoms with E-state index < -0.39 is 10.0 Å². The molecule has 0 atom stereocenters. The summed E-state index contributed by atoms with van der Waals surface area (Å²) in [7, 11) is -3.51. The Balaban J connectivity index is 1.41. The van der Waals surface area contributed by atoms with Gasteiger partial charge < -0.3 is 19.5 Å². The lowest BCUT2D eigenvalue weighted by Crippen LogP contribution is -2.32. The van der Waals surface area contributed by atoms with Gasteiger partial charge in [-0.15, -0.1) is 0 Å². The number of carbonyl (C=O) groups is 1. The maximum absolute atomic E-state index is 12.3. The predicted molar refractivity (Wildman–Crippen MR) is 132 cm³/mol. The van der Waals surface area contributed by atoms with Crippen molar-refractivity contribution >= 4 is 21.6 Å². The molecular formula is C25H34N2O6S. The number of carbonyl (C=O) groups excluding carboxylic acids is 1. The minimum Gasteiger partial charge on any atom is -0.491 e. The van der Waals surface area contributed by atoms with Gasteiger partial charge in [0.1, 0.15) is 19.0 Å². The molecule has 0 saturated carbocycles. The first-order chi connectivity index (χ1) is 16.2. The highest BCUT2D eigenvalue weighted by Gasteiger charge is 2.21. The van der Waals surface area contributed by atoms with E-state index in [1.54, 1.807) is 18.2 Å². The number of rotatable bonds is 12. The molecule has 0 radical (unpaired) electrons. The van der Waals surface area contributed by atoms with Gasteiger partial charge in [-0.3, -0.25) is 9.10 Å². The van der Waals surface area contributed by atoms with E-state index in [1.807, 2.05) is 38.1 Å². The van der Waals surface area contributed by atoms with Gasteiger partial charge in [-0.05, 0) is 62.9 Å². The van der Waals surface area contributed by atoms with Crippen molar-refractivity contribution in [1.82, 2.24) is 5.32 Å². The van der Waals surface area contributed by atoms with Crippen LogP contribution in [-0.2, 0) is 21.2 Å². The lowest BCUT2D eigenvalue weighted by molar-refractivity contribution is -0.121.